The summed E-state index contributed by atoms with van der Waals surface area (Å²) in [6, 6.07) is 10.7. The van der Waals surface area contributed by atoms with Gasteiger partial charge in [-0.25, -0.2) is 0 Å². The van der Waals surface area contributed by atoms with E-state index in [4.69, 9.17) is 5.73 Å². The number of para-hydroxylation sites is 1. The highest BCUT2D eigenvalue weighted by atomic mass is 14.9. The third kappa shape index (κ3) is 3.44. The maximum atomic E-state index is 5.87. The second-order valence-corrected chi connectivity index (χ2v) is 5.05. The average Bonchev–Trinajstić information content (AvgIpc) is 2.43. The monoisotopic (exact) mass is 257 g/mol. The number of aryl methyl sites for hydroxylation is 1. The Morgan fingerprint density at radius 2 is 2.11 bits per heavy atom. The Labute approximate surface area is 115 Å². The number of pyridine rings is 1. The van der Waals surface area contributed by atoms with Crippen molar-refractivity contribution < 1.29 is 0 Å². The number of nitrogens with two attached hydrogens (primary N) is 1. The molecule has 3 N–H and O–H groups in total. The van der Waals surface area contributed by atoms with Gasteiger partial charge in [-0.15, -0.1) is 0 Å². The lowest BCUT2D eigenvalue weighted by atomic mass is 10.1. The second-order valence-electron chi connectivity index (χ2n) is 5.05. The maximum absolute atomic E-state index is 5.87. The molecule has 3 heteroatoms. The number of nitrogens with one attached hydrogen (secondary N) is 1. The molecule has 1 atom stereocenters. The molecule has 0 saturated heterocycles. The van der Waals surface area contributed by atoms with Gasteiger partial charge >= 0.3 is 0 Å². The summed E-state index contributed by atoms with van der Waals surface area (Å²) in [6.45, 7) is 4.90. The van der Waals surface area contributed by atoms with E-state index in [1.165, 1.54) is 18.2 Å². The van der Waals surface area contributed by atoms with Crippen LogP contribution in [0.5, 0.6) is 0 Å². The molecular weight excluding hydrogens is 234 g/mol. The van der Waals surface area contributed by atoms with E-state index in [0.29, 0.717) is 12.6 Å². The Morgan fingerprint density at radius 1 is 1.32 bits per heavy atom. The third-order valence-corrected chi connectivity index (χ3v) is 3.39. The zero-order chi connectivity index (χ0) is 13.7. The fourth-order valence-corrected chi connectivity index (χ4v) is 2.35. The van der Waals surface area contributed by atoms with E-state index in [0.717, 1.165) is 23.3 Å². The molecule has 0 bridgehead atoms. The van der Waals surface area contributed by atoms with Crippen LogP contribution in [0.3, 0.4) is 0 Å². The number of nitrogens with zero attached hydrogens (tertiary/aromatic N) is 1. The van der Waals surface area contributed by atoms with Crippen LogP contribution in [0.2, 0.25) is 0 Å². The molecular formula is C16H23N3. The molecule has 1 aromatic heterocycles. The number of hydrogen-bond donors (Lipinski definition) is 2. The van der Waals surface area contributed by atoms with E-state index in [1.807, 2.05) is 19.1 Å². The van der Waals surface area contributed by atoms with E-state index in [2.05, 4.69) is 35.4 Å². The predicted octanol–water partition coefficient (Wildman–Crippen LogP) is 3.47. The minimum atomic E-state index is 0.338. The summed E-state index contributed by atoms with van der Waals surface area (Å²) in [4.78, 5) is 4.56. The van der Waals surface area contributed by atoms with Crippen molar-refractivity contribution in [1.82, 2.24) is 4.98 Å². The second kappa shape index (κ2) is 6.53. The van der Waals surface area contributed by atoms with Crippen LogP contribution in [0.4, 0.5) is 5.69 Å². The number of unbranched alkanes of at least 4 members (excludes halogenated alkanes) is 1. The van der Waals surface area contributed by atoms with Gasteiger partial charge in [0.25, 0.3) is 0 Å². The van der Waals surface area contributed by atoms with Gasteiger partial charge in [0.05, 0.1) is 5.52 Å². The maximum Gasteiger partial charge on any atom is 0.0725 e. The average molecular weight is 257 g/mol. The molecule has 1 aromatic carbocycles. The van der Waals surface area contributed by atoms with Gasteiger partial charge in [-0.05, 0) is 25.5 Å². The first-order valence-corrected chi connectivity index (χ1v) is 7.07. The smallest absolute Gasteiger partial charge is 0.0725 e. The van der Waals surface area contributed by atoms with Crippen LogP contribution in [0.25, 0.3) is 10.9 Å². The topological polar surface area (TPSA) is 50.9 Å². The first-order chi connectivity index (χ1) is 9.24. The summed E-state index contributed by atoms with van der Waals surface area (Å²) in [5, 5.41) is 4.75. The Kier molecular flexibility index (Phi) is 4.74. The van der Waals surface area contributed by atoms with Gasteiger partial charge in [0, 0.05) is 29.4 Å². The first-order valence-electron chi connectivity index (χ1n) is 7.07. The minimum Gasteiger partial charge on any atom is -0.380 e. The standard InChI is InChI=1S/C16H23N3/c1-3-4-7-13(11-17)19-16-10-12(2)18-15-9-6-5-8-14(15)16/h5-6,8-10,13H,3-4,7,11,17H2,1-2H3,(H,18,19). The van der Waals surface area contributed by atoms with E-state index < -0.39 is 0 Å². The van der Waals surface area contributed by atoms with Crippen molar-refractivity contribution >= 4 is 16.6 Å². The number of anilines is 1. The molecule has 2 rings (SSSR count). The first kappa shape index (κ1) is 13.8. The van der Waals surface area contributed by atoms with Crippen molar-refractivity contribution in [3.05, 3.63) is 36.0 Å². The van der Waals surface area contributed by atoms with Gasteiger partial charge in [0.1, 0.15) is 0 Å². The van der Waals surface area contributed by atoms with Crippen LogP contribution < -0.4 is 11.1 Å². The van der Waals surface area contributed by atoms with Crippen molar-refractivity contribution in [3.63, 3.8) is 0 Å². The van der Waals surface area contributed by atoms with E-state index >= 15 is 0 Å². The van der Waals surface area contributed by atoms with Crippen LogP contribution in [0.1, 0.15) is 31.9 Å². The molecule has 0 radical (unpaired) electrons. The Balaban J connectivity index is 2.28. The van der Waals surface area contributed by atoms with Crippen LogP contribution in [0, 0.1) is 6.92 Å². The zero-order valence-corrected chi connectivity index (χ0v) is 11.8. The highest BCUT2D eigenvalue weighted by Gasteiger charge is 2.09. The van der Waals surface area contributed by atoms with E-state index in [1.54, 1.807) is 0 Å². The number of hydrogen-bond acceptors (Lipinski definition) is 3. The molecule has 0 aliphatic rings. The van der Waals surface area contributed by atoms with Crippen molar-refractivity contribution in [3.8, 4) is 0 Å². The number of fused-ring (bicyclic) bond motifs is 1. The van der Waals surface area contributed by atoms with Gasteiger partial charge in [0.15, 0.2) is 0 Å². The summed E-state index contributed by atoms with van der Waals surface area (Å²) >= 11 is 0. The lowest BCUT2D eigenvalue weighted by Crippen LogP contribution is -2.28. The van der Waals surface area contributed by atoms with Gasteiger partial charge < -0.3 is 11.1 Å². The van der Waals surface area contributed by atoms with Crippen molar-refractivity contribution in [2.24, 2.45) is 5.73 Å². The van der Waals surface area contributed by atoms with Crippen molar-refractivity contribution in [2.45, 2.75) is 39.2 Å². The molecule has 3 nitrogen and oxygen atoms in total. The molecule has 1 heterocycles. The third-order valence-electron chi connectivity index (χ3n) is 3.39. The van der Waals surface area contributed by atoms with E-state index in [9.17, 15) is 0 Å². The van der Waals surface area contributed by atoms with Crippen LogP contribution in [-0.2, 0) is 0 Å². The SMILES string of the molecule is CCCCC(CN)Nc1cc(C)nc2ccccc12. The molecule has 2 aromatic rings. The van der Waals surface area contributed by atoms with Crippen molar-refractivity contribution in [2.75, 3.05) is 11.9 Å². The lowest BCUT2D eigenvalue weighted by molar-refractivity contribution is 0.614. The Hall–Kier alpha value is -1.61. The molecule has 0 aliphatic carbocycles. The fraction of sp³-hybridized carbons (Fsp3) is 0.438. The molecule has 0 saturated carbocycles. The molecule has 102 valence electrons. The summed E-state index contributed by atoms with van der Waals surface area (Å²) < 4.78 is 0. The van der Waals surface area contributed by atoms with Gasteiger partial charge in [-0.1, -0.05) is 38.0 Å². The van der Waals surface area contributed by atoms with Crippen LogP contribution >= 0.6 is 0 Å². The molecule has 0 aliphatic heterocycles. The number of aromatic nitrogens is 1. The molecule has 0 spiro atoms. The number of rotatable bonds is 6. The van der Waals surface area contributed by atoms with E-state index in [-0.39, 0.29) is 0 Å². The summed E-state index contributed by atoms with van der Waals surface area (Å²) in [7, 11) is 0. The molecule has 0 fully saturated rings. The Bertz CT molecular complexity index is 537. The van der Waals surface area contributed by atoms with Crippen LogP contribution in [0.15, 0.2) is 30.3 Å². The summed E-state index contributed by atoms with van der Waals surface area (Å²) in [5.74, 6) is 0. The largest absolute Gasteiger partial charge is 0.380 e. The van der Waals surface area contributed by atoms with Gasteiger partial charge in [-0.3, -0.25) is 4.98 Å². The predicted molar refractivity (Wildman–Crippen MR) is 82.5 cm³/mol. The molecule has 0 amide bonds. The quantitative estimate of drug-likeness (QED) is 0.833. The summed E-state index contributed by atoms with van der Waals surface area (Å²) in [6.07, 6.45) is 3.52. The highest BCUT2D eigenvalue weighted by Crippen LogP contribution is 2.24. The van der Waals surface area contributed by atoms with Gasteiger partial charge in [0.2, 0.25) is 0 Å². The normalized spacial score (nSPS) is 12.6. The lowest BCUT2D eigenvalue weighted by Gasteiger charge is -2.19. The van der Waals surface area contributed by atoms with Crippen molar-refractivity contribution in [1.29, 1.82) is 0 Å². The molecule has 1 unspecified atom stereocenters. The highest BCUT2D eigenvalue weighted by molar-refractivity contribution is 5.91. The Morgan fingerprint density at radius 3 is 2.84 bits per heavy atom. The van der Waals surface area contributed by atoms with Crippen LogP contribution in [-0.4, -0.2) is 17.6 Å². The zero-order valence-electron chi connectivity index (χ0n) is 11.8. The summed E-state index contributed by atoms with van der Waals surface area (Å²) in [5.41, 5.74) is 9.09. The number of benzene rings is 1. The van der Waals surface area contributed by atoms with Gasteiger partial charge in [-0.2, -0.15) is 0 Å². The fourth-order valence-electron chi connectivity index (χ4n) is 2.35. The minimum absolute atomic E-state index is 0.338. The molecule has 19 heavy (non-hydrogen) atoms.